The number of aliphatic imine (C=N–C) groups is 1. The molecule has 1 atom stereocenters. The van der Waals surface area contributed by atoms with Gasteiger partial charge in [-0.25, -0.2) is 9.37 Å². The Morgan fingerprint density at radius 3 is 2.81 bits per heavy atom. The van der Waals surface area contributed by atoms with Gasteiger partial charge in [-0.1, -0.05) is 11.6 Å². The lowest BCUT2D eigenvalue weighted by atomic mass is 9.43. The first-order valence-corrected chi connectivity index (χ1v) is 11.6. The maximum Gasteiger partial charge on any atom is 0.212 e. The third-order valence-corrected chi connectivity index (χ3v) is 6.09. The molecule has 182 valence electrons. The average Bonchev–Trinajstić information content (AvgIpc) is 3.11. The zero-order valence-corrected chi connectivity index (χ0v) is 21.0. The fourth-order valence-corrected chi connectivity index (χ4v) is 4.50. The first kappa shape index (κ1) is 26.5. The quantitative estimate of drug-likeness (QED) is 0.311. The van der Waals surface area contributed by atoms with Crippen LogP contribution >= 0.6 is 11.6 Å². The van der Waals surface area contributed by atoms with Crippen molar-refractivity contribution < 1.29 is 13.9 Å². The number of hydrogen-bond acceptors (Lipinski definition) is 6. The van der Waals surface area contributed by atoms with Gasteiger partial charge < -0.3 is 15.8 Å². The fraction of sp³-hybridized carbons (Fsp3) is 0.250. The minimum absolute atomic E-state index is 0.0819. The van der Waals surface area contributed by atoms with Gasteiger partial charge in [-0.05, 0) is 36.8 Å². The number of aromatic nitrogens is 3. The van der Waals surface area contributed by atoms with Gasteiger partial charge in [-0.2, -0.15) is 5.10 Å². The van der Waals surface area contributed by atoms with Gasteiger partial charge in [-0.3, -0.25) is 14.5 Å². The van der Waals surface area contributed by atoms with E-state index in [4.69, 9.17) is 45.6 Å². The molecule has 13 heteroatoms. The first-order valence-electron chi connectivity index (χ1n) is 11.2. The van der Waals surface area contributed by atoms with Gasteiger partial charge in [0.15, 0.2) is 16.7 Å². The summed E-state index contributed by atoms with van der Waals surface area (Å²) in [5.41, 5.74) is 10.3. The Morgan fingerprint density at radius 2 is 2.14 bits per heavy atom. The molecule has 0 spiro atoms. The molecule has 2 aromatic heterocycles. The van der Waals surface area contributed by atoms with Gasteiger partial charge in [-0.15, -0.1) is 5.11 Å². The fourth-order valence-electron chi connectivity index (χ4n) is 4.25. The van der Waals surface area contributed by atoms with E-state index >= 15 is 0 Å². The lowest BCUT2D eigenvalue weighted by Gasteiger charge is -2.24. The second kappa shape index (κ2) is 10.5. The van der Waals surface area contributed by atoms with E-state index in [0.29, 0.717) is 45.6 Å². The summed E-state index contributed by atoms with van der Waals surface area (Å²) in [4.78, 5) is 19.8. The Labute approximate surface area is 222 Å². The molecule has 1 amide bonds. The summed E-state index contributed by atoms with van der Waals surface area (Å²) in [5, 5.41) is 5.50. The minimum atomic E-state index is -1.60. The number of rotatable bonds is 5. The Morgan fingerprint density at radius 1 is 1.38 bits per heavy atom. The van der Waals surface area contributed by atoms with Crippen LogP contribution in [-0.4, -0.2) is 58.0 Å². The molecule has 3 heterocycles. The average molecular weight is 512 g/mol. The van der Waals surface area contributed by atoms with Crippen LogP contribution in [0.4, 0.5) is 10.2 Å². The molecule has 0 unspecified atom stereocenters. The molecule has 0 fully saturated rings. The summed E-state index contributed by atoms with van der Waals surface area (Å²) in [6.45, 7) is 1.65. The van der Waals surface area contributed by atoms with E-state index in [0.717, 1.165) is 0 Å². The van der Waals surface area contributed by atoms with Gasteiger partial charge in [0.25, 0.3) is 0 Å². The molecule has 1 aliphatic rings. The second-order valence-electron chi connectivity index (χ2n) is 8.72. The normalized spacial score (nSPS) is 17.8. The van der Waals surface area contributed by atoms with Crippen molar-refractivity contribution in [3.05, 3.63) is 63.7 Å². The standard InChI is InChI=1S/C24H21B3ClFN6O2/c1-12-17-7-15(29)3-4-16(17)20(30)13(8-31-2)5-18-21(35(34-22(18)28)10-24(25,26)27)14-6-19(37-12)23(32-9-14)33-11-36/h3-4,6-9,11-12H,5,10,30H2,1-2H3,(H,32,33,36)/b20-13-,31-8?/t12-/m1/s1. The zero-order chi connectivity index (χ0) is 26.9. The SMILES string of the molecule is [B]C([B])([B])Cn1nc(Cl)c2c1-c1cnc(NC=O)c(c1)O[C@H](C)c1cc(F)ccc1/C(N)=C(/C=NC)C2. The van der Waals surface area contributed by atoms with E-state index in [9.17, 15) is 9.18 Å². The number of allylic oxidation sites excluding steroid dienone is 1. The number of anilines is 1. The molecular formula is C24H21B3ClFN6O2. The lowest BCUT2D eigenvalue weighted by Crippen LogP contribution is -2.22. The largest absolute Gasteiger partial charge is 0.482 e. The van der Waals surface area contributed by atoms with Crippen molar-refractivity contribution in [1.82, 2.24) is 14.8 Å². The highest BCUT2D eigenvalue weighted by Gasteiger charge is 2.26. The second-order valence-corrected chi connectivity index (χ2v) is 9.07. The van der Waals surface area contributed by atoms with Crippen molar-refractivity contribution in [2.45, 2.75) is 31.1 Å². The summed E-state index contributed by atoms with van der Waals surface area (Å²) >= 11 is 6.61. The lowest BCUT2D eigenvalue weighted by molar-refractivity contribution is -0.105. The molecule has 2 bridgehead atoms. The Bertz CT molecular complexity index is 1420. The van der Waals surface area contributed by atoms with E-state index < -0.39 is 17.0 Å². The van der Waals surface area contributed by atoms with Crippen molar-refractivity contribution in [2.75, 3.05) is 12.4 Å². The number of benzene rings is 1. The van der Waals surface area contributed by atoms with E-state index in [1.165, 1.54) is 23.0 Å². The number of fused-ring (bicyclic) bond motifs is 5. The molecule has 1 aromatic carbocycles. The number of pyridine rings is 1. The Kier molecular flexibility index (Phi) is 7.50. The van der Waals surface area contributed by atoms with Gasteiger partial charge >= 0.3 is 0 Å². The molecular weight excluding hydrogens is 491 g/mol. The highest BCUT2D eigenvalue weighted by atomic mass is 35.5. The van der Waals surface area contributed by atoms with E-state index in [1.54, 1.807) is 32.3 Å². The predicted octanol–water partition coefficient (Wildman–Crippen LogP) is 2.95. The summed E-state index contributed by atoms with van der Waals surface area (Å²) in [6, 6.07) is 5.90. The van der Waals surface area contributed by atoms with Crippen molar-refractivity contribution in [1.29, 1.82) is 0 Å². The molecule has 1 aliphatic heterocycles. The van der Waals surface area contributed by atoms with Gasteiger partial charge in [0.1, 0.15) is 11.9 Å². The minimum Gasteiger partial charge on any atom is -0.482 e. The maximum absolute atomic E-state index is 14.3. The Hall–Kier alpha value is -3.53. The molecule has 0 saturated carbocycles. The van der Waals surface area contributed by atoms with Crippen molar-refractivity contribution in [3.8, 4) is 17.0 Å². The van der Waals surface area contributed by atoms with Crippen LogP contribution in [0.25, 0.3) is 17.0 Å². The smallest absolute Gasteiger partial charge is 0.212 e. The van der Waals surface area contributed by atoms with E-state index in [1.807, 2.05) is 0 Å². The summed E-state index contributed by atoms with van der Waals surface area (Å²) in [7, 11) is 19.3. The number of halogens is 2. The van der Waals surface area contributed by atoms with Gasteiger partial charge in [0.2, 0.25) is 6.41 Å². The van der Waals surface area contributed by atoms with Crippen LogP contribution in [0, 0.1) is 5.82 Å². The highest BCUT2D eigenvalue weighted by Crippen LogP contribution is 2.39. The highest BCUT2D eigenvalue weighted by molar-refractivity contribution is 6.58. The van der Waals surface area contributed by atoms with Gasteiger partial charge in [0.05, 0.1) is 29.2 Å². The number of nitrogens with two attached hydrogens (primary N) is 1. The van der Waals surface area contributed by atoms with E-state index in [-0.39, 0.29) is 29.7 Å². The number of hydrogen-bond donors (Lipinski definition) is 2. The number of nitrogens with one attached hydrogen (secondary N) is 1. The topological polar surface area (TPSA) is 107 Å². The molecule has 37 heavy (non-hydrogen) atoms. The number of ether oxygens (including phenoxy) is 1. The van der Waals surface area contributed by atoms with Crippen LogP contribution in [0.2, 0.25) is 10.3 Å². The third kappa shape index (κ3) is 5.59. The molecule has 0 aliphatic carbocycles. The van der Waals surface area contributed by atoms with Crippen LogP contribution < -0.4 is 15.8 Å². The number of carbonyl (C=O) groups is 1. The molecule has 3 aromatic rings. The first-order chi connectivity index (χ1) is 17.5. The number of carbonyl (C=O) groups excluding carboxylic acids is 1. The predicted molar refractivity (Wildman–Crippen MR) is 145 cm³/mol. The Balaban J connectivity index is 2.07. The van der Waals surface area contributed by atoms with E-state index in [2.05, 4.69) is 20.4 Å². The van der Waals surface area contributed by atoms with Crippen molar-refractivity contribution in [3.63, 3.8) is 0 Å². The summed E-state index contributed by atoms with van der Waals surface area (Å²) in [6.07, 6.45) is 3.12. The third-order valence-electron chi connectivity index (χ3n) is 5.79. The molecule has 8 nitrogen and oxygen atoms in total. The van der Waals surface area contributed by atoms with Crippen LogP contribution in [0.5, 0.6) is 5.75 Å². The maximum atomic E-state index is 14.3. The number of nitrogens with zero attached hydrogens (tertiary/aromatic N) is 4. The zero-order valence-electron chi connectivity index (χ0n) is 20.2. The monoisotopic (exact) mass is 512 g/mol. The van der Waals surface area contributed by atoms with Crippen molar-refractivity contribution >= 4 is 59.3 Å². The molecule has 6 radical (unpaired) electrons. The van der Waals surface area contributed by atoms with Gasteiger partial charge in [0, 0.05) is 60.4 Å². The summed E-state index contributed by atoms with van der Waals surface area (Å²) < 4.78 is 22.0. The van der Waals surface area contributed by atoms with Crippen LogP contribution in [0.1, 0.15) is 29.7 Å². The van der Waals surface area contributed by atoms with Crippen LogP contribution in [0.3, 0.4) is 0 Å². The van der Waals surface area contributed by atoms with Crippen LogP contribution in [-0.2, 0) is 17.8 Å². The molecule has 4 rings (SSSR count). The summed E-state index contributed by atoms with van der Waals surface area (Å²) in [5.74, 6) is -0.0778. The number of amides is 1. The molecule has 0 saturated heterocycles. The van der Waals surface area contributed by atoms with Crippen molar-refractivity contribution in [2.24, 2.45) is 10.7 Å². The molecule has 3 N–H and O–H groups in total. The van der Waals surface area contributed by atoms with Crippen LogP contribution in [0.15, 0.2) is 41.0 Å².